The van der Waals surface area contributed by atoms with Crippen molar-refractivity contribution in [3.8, 4) is 5.75 Å². The maximum atomic E-state index is 12.5. The van der Waals surface area contributed by atoms with Gasteiger partial charge in [0.05, 0.1) is 4.90 Å². The first-order valence-electron chi connectivity index (χ1n) is 9.80. The molecule has 156 valence electrons. The lowest BCUT2D eigenvalue weighted by Crippen LogP contribution is -2.36. The van der Waals surface area contributed by atoms with E-state index in [1.54, 1.807) is 24.3 Å². The Morgan fingerprint density at radius 1 is 1.07 bits per heavy atom. The first-order chi connectivity index (χ1) is 13.8. The quantitative estimate of drug-likeness (QED) is 0.644. The van der Waals surface area contributed by atoms with Crippen molar-refractivity contribution in [3.05, 3.63) is 54.1 Å². The summed E-state index contributed by atoms with van der Waals surface area (Å²) in [7, 11) is -3.45. The van der Waals surface area contributed by atoms with Crippen molar-refractivity contribution in [2.24, 2.45) is 0 Å². The lowest BCUT2D eigenvalue weighted by Gasteiger charge is -2.16. The smallest absolute Gasteiger partial charge is 0.319 e. The predicted octanol–water partition coefficient (Wildman–Crippen LogP) is 3.32. The normalized spacial score (nSPS) is 15.8. The van der Waals surface area contributed by atoms with Crippen molar-refractivity contribution in [2.45, 2.75) is 43.5 Å². The highest BCUT2D eigenvalue weighted by Crippen LogP contribution is 2.22. The topological polar surface area (TPSA) is 98.7 Å². The van der Waals surface area contributed by atoms with Crippen LogP contribution in [0.5, 0.6) is 5.75 Å². The van der Waals surface area contributed by atoms with Gasteiger partial charge in [-0.1, -0.05) is 12.1 Å². The van der Waals surface area contributed by atoms with Crippen molar-refractivity contribution in [3.63, 3.8) is 0 Å². The molecule has 1 fully saturated rings. The third kappa shape index (κ3) is 5.71. The van der Waals surface area contributed by atoms with Crippen LogP contribution < -0.4 is 10.6 Å². The molecule has 29 heavy (non-hydrogen) atoms. The minimum absolute atomic E-state index is 0.0429. The average molecular weight is 418 g/mol. The number of phenols is 1. The van der Waals surface area contributed by atoms with Crippen LogP contribution in [0.15, 0.2) is 53.4 Å². The third-order valence-corrected chi connectivity index (χ3v) is 6.91. The SMILES string of the molecule is C[C@@H](CCc1ccc(O)cc1)NC(=O)Nc1ccc(S(=O)(=O)N2CCCC2)cc1. The number of amides is 2. The molecule has 0 aliphatic carbocycles. The van der Waals surface area contributed by atoms with Gasteiger partial charge in [0.15, 0.2) is 0 Å². The monoisotopic (exact) mass is 417 g/mol. The Bertz CT molecular complexity index is 921. The summed E-state index contributed by atoms with van der Waals surface area (Å²) in [6.45, 7) is 3.05. The van der Waals surface area contributed by atoms with E-state index in [1.165, 1.54) is 16.4 Å². The van der Waals surface area contributed by atoms with Crippen LogP contribution >= 0.6 is 0 Å². The van der Waals surface area contributed by atoms with Gasteiger partial charge in [-0.25, -0.2) is 13.2 Å². The van der Waals surface area contributed by atoms with Crippen molar-refractivity contribution < 1.29 is 18.3 Å². The van der Waals surface area contributed by atoms with Crippen LogP contribution in [0, 0.1) is 0 Å². The number of carbonyl (C=O) groups is 1. The molecule has 2 aromatic carbocycles. The number of nitrogens with zero attached hydrogens (tertiary/aromatic N) is 1. The van der Waals surface area contributed by atoms with Gasteiger partial charge < -0.3 is 15.7 Å². The van der Waals surface area contributed by atoms with Crippen LogP contribution in [0.25, 0.3) is 0 Å². The molecule has 0 unspecified atom stereocenters. The third-order valence-electron chi connectivity index (χ3n) is 4.99. The van der Waals surface area contributed by atoms with Crippen LogP contribution in [0.2, 0.25) is 0 Å². The summed E-state index contributed by atoms with van der Waals surface area (Å²) in [6.07, 6.45) is 3.32. The van der Waals surface area contributed by atoms with Crippen LogP contribution in [0.3, 0.4) is 0 Å². The molecule has 1 heterocycles. The summed E-state index contributed by atoms with van der Waals surface area (Å²) in [5.41, 5.74) is 1.63. The zero-order valence-electron chi connectivity index (χ0n) is 16.5. The molecule has 7 nitrogen and oxygen atoms in total. The number of hydrogen-bond acceptors (Lipinski definition) is 4. The zero-order chi connectivity index (χ0) is 20.9. The highest BCUT2D eigenvalue weighted by Gasteiger charge is 2.26. The Balaban J connectivity index is 1.49. The Hall–Kier alpha value is -2.58. The summed E-state index contributed by atoms with van der Waals surface area (Å²) in [6, 6.07) is 12.9. The number of sulfonamides is 1. The molecular weight excluding hydrogens is 390 g/mol. The van der Waals surface area contributed by atoms with Gasteiger partial charge in [-0.15, -0.1) is 0 Å². The van der Waals surface area contributed by atoms with Gasteiger partial charge >= 0.3 is 6.03 Å². The van der Waals surface area contributed by atoms with Gasteiger partial charge in [-0.3, -0.25) is 0 Å². The largest absolute Gasteiger partial charge is 0.508 e. The molecule has 1 aliphatic heterocycles. The van der Waals surface area contributed by atoms with Gasteiger partial charge in [0.2, 0.25) is 10.0 Å². The van der Waals surface area contributed by atoms with Gasteiger partial charge in [-0.05, 0) is 74.6 Å². The lowest BCUT2D eigenvalue weighted by atomic mass is 10.1. The van der Waals surface area contributed by atoms with Gasteiger partial charge in [0.25, 0.3) is 0 Å². The standard InChI is InChI=1S/C21H27N3O4S/c1-16(4-5-17-6-10-19(25)11-7-17)22-21(26)23-18-8-12-20(13-9-18)29(27,28)24-14-2-3-15-24/h6-13,16,25H,2-5,14-15H2,1H3,(H2,22,23,26)/t16-/m0/s1. The molecule has 1 atom stereocenters. The predicted molar refractivity (Wildman–Crippen MR) is 112 cm³/mol. The van der Waals surface area contributed by atoms with E-state index >= 15 is 0 Å². The van der Waals surface area contributed by atoms with Crippen molar-refractivity contribution in [1.29, 1.82) is 0 Å². The van der Waals surface area contributed by atoms with Crippen molar-refractivity contribution in [2.75, 3.05) is 18.4 Å². The summed E-state index contributed by atoms with van der Waals surface area (Å²) >= 11 is 0. The van der Waals surface area contributed by atoms with Crippen LogP contribution in [-0.4, -0.2) is 43.0 Å². The van der Waals surface area contributed by atoms with E-state index in [4.69, 9.17) is 0 Å². The average Bonchev–Trinajstić information content (AvgIpc) is 3.23. The van der Waals surface area contributed by atoms with E-state index in [2.05, 4.69) is 10.6 Å². The van der Waals surface area contributed by atoms with E-state index in [0.29, 0.717) is 18.8 Å². The van der Waals surface area contributed by atoms with Gasteiger partial charge in [0, 0.05) is 24.8 Å². The number of benzene rings is 2. The second kappa shape index (κ2) is 9.28. The Morgan fingerprint density at radius 2 is 1.69 bits per heavy atom. The first-order valence-corrected chi connectivity index (χ1v) is 11.2. The Morgan fingerprint density at radius 3 is 2.31 bits per heavy atom. The molecule has 1 saturated heterocycles. The van der Waals surface area contributed by atoms with E-state index < -0.39 is 10.0 Å². The first kappa shape index (κ1) is 21.1. The summed E-state index contributed by atoms with van der Waals surface area (Å²) in [4.78, 5) is 12.4. The molecule has 0 spiro atoms. The number of phenolic OH excluding ortho intramolecular Hbond substituents is 1. The molecule has 0 saturated carbocycles. The number of urea groups is 1. The number of hydrogen-bond donors (Lipinski definition) is 3. The maximum Gasteiger partial charge on any atom is 0.319 e. The minimum Gasteiger partial charge on any atom is -0.508 e. The second-order valence-corrected chi connectivity index (χ2v) is 9.28. The van der Waals surface area contributed by atoms with E-state index in [1.807, 2.05) is 19.1 Å². The summed E-state index contributed by atoms with van der Waals surface area (Å²) in [5, 5.41) is 14.9. The molecule has 0 aromatic heterocycles. The Labute approximate surface area is 171 Å². The molecule has 1 aliphatic rings. The number of nitrogens with one attached hydrogen (secondary N) is 2. The van der Waals surface area contributed by atoms with Gasteiger partial charge in [0.1, 0.15) is 5.75 Å². The number of aryl methyl sites for hydroxylation is 1. The fraction of sp³-hybridized carbons (Fsp3) is 0.381. The minimum atomic E-state index is -3.45. The van der Waals surface area contributed by atoms with Crippen LogP contribution in [-0.2, 0) is 16.4 Å². The second-order valence-electron chi connectivity index (χ2n) is 7.34. The summed E-state index contributed by atoms with van der Waals surface area (Å²) < 4.78 is 26.6. The molecule has 2 amide bonds. The van der Waals surface area contributed by atoms with E-state index in [0.717, 1.165) is 31.2 Å². The van der Waals surface area contributed by atoms with Crippen LogP contribution in [0.4, 0.5) is 10.5 Å². The molecule has 3 rings (SSSR count). The molecule has 0 bridgehead atoms. The molecule has 0 radical (unpaired) electrons. The lowest BCUT2D eigenvalue weighted by molar-refractivity contribution is 0.248. The van der Waals surface area contributed by atoms with Crippen molar-refractivity contribution >= 4 is 21.7 Å². The molecule has 8 heteroatoms. The van der Waals surface area contributed by atoms with Crippen LogP contribution in [0.1, 0.15) is 31.7 Å². The fourth-order valence-electron chi connectivity index (χ4n) is 3.30. The molecule has 2 aromatic rings. The highest BCUT2D eigenvalue weighted by atomic mass is 32.2. The molecule has 3 N–H and O–H groups in total. The number of rotatable bonds is 7. The highest BCUT2D eigenvalue weighted by molar-refractivity contribution is 7.89. The van der Waals surface area contributed by atoms with Gasteiger partial charge in [-0.2, -0.15) is 4.31 Å². The zero-order valence-corrected chi connectivity index (χ0v) is 17.3. The van der Waals surface area contributed by atoms with E-state index in [9.17, 15) is 18.3 Å². The number of aromatic hydroxyl groups is 1. The maximum absolute atomic E-state index is 12.5. The number of anilines is 1. The molecular formula is C21H27N3O4S. The Kier molecular flexibility index (Phi) is 6.76. The van der Waals surface area contributed by atoms with E-state index in [-0.39, 0.29) is 22.7 Å². The van der Waals surface area contributed by atoms with Crippen molar-refractivity contribution in [1.82, 2.24) is 9.62 Å². The summed E-state index contributed by atoms with van der Waals surface area (Å²) in [5.74, 6) is 0.235. The number of carbonyl (C=O) groups excluding carboxylic acids is 1. The fourth-order valence-corrected chi connectivity index (χ4v) is 4.81.